The Bertz CT molecular complexity index is 587. The second-order valence-electron chi connectivity index (χ2n) is 5.52. The lowest BCUT2D eigenvalue weighted by Crippen LogP contribution is -2.45. The molecule has 0 atom stereocenters. The lowest BCUT2D eigenvalue weighted by atomic mass is 9.98. The van der Waals surface area contributed by atoms with E-state index in [0.717, 1.165) is 12.8 Å². The molecule has 0 bridgehead atoms. The summed E-state index contributed by atoms with van der Waals surface area (Å²) in [5.41, 5.74) is 0.205. The van der Waals surface area contributed by atoms with Gasteiger partial charge < -0.3 is 5.32 Å². The molecule has 1 aromatic rings. The van der Waals surface area contributed by atoms with Crippen LogP contribution in [0.5, 0.6) is 0 Å². The van der Waals surface area contributed by atoms with Gasteiger partial charge >= 0.3 is 0 Å². The Labute approximate surface area is 113 Å². The smallest absolute Gasteiger partial charge is 0.251 e. The van der Waals surface area contributed by atoms with Gasteiger partial charge in [-0.05, 0) is 56.9 Å². The fraction of sp³-hybridized carbons (Fsp3) is 0.462. The Hall–Kier alpha value is -1.40. The summed E-state index contributed by atoms with van der Waals surface area (Å²) in [6.07, 6.45) is 2.27. The van der Waals surface area contributed by atoms with Crippen LogP contribution in [0.2, 0.25) is 0 Å². The molecule has 19 heavy (non-hydrogen) atoms. The van der Waals surface area contributed by atoms with Gasteiger partial charge in [0, 0.05) is 11.1 Å². The van der Waals surface area contributed by atoms with E-state index in [9.17, 15) is 13.2 Å². The number of hydrogen-bond acceptors (Lipinski definition) is 3. The monoisotopic (exact) mass is 282 g/mol. The molecule has 6 heteroatoms. The maximum absolute atomic E-state index is 12.1. The Morgan fingerprint density at radius 1 is 1.26 bits per heavy atom. The van der Waals surface area contributed by atoms with E-state index in [1.54, 1.807) is 0 Å². The molecule has 1 aliphatic rings. The van der Waals surface area contributed by atoms with Gasteiger partial charge in [-0.1, -0.05) is 0 Å². The normalized spacial score (nSPS) is 16.2. The predicted molar refractivity (Wildman–Crippen MR) is 72.1 cm³/mol. The number of carbonyl (C=O) groups is 1. The molecule has 1 fully saturated rings. The van der Waals surface area contributed by atoms with Crippen LogP contribution >= 0.6 is 0 Å². The van der Waals surface area contributed by atoms with Crippen LogP contribution in [0, 0.1) is 5.92 Å². The van der Waals surface area contributed by atoms with E-state index >= 15 is 0 Å². The maximum Gasteiger partial charge on any atom is 0.251 e. The number of nitrogens with one attached hydrogen (secondary N) is 1. The van der Waals surface area contributed by atoms with Crippen molar-refractivity contribution in [1.82, 2.24) is 5.32 Å². The average molecular weight is 282 g/mol. The summed E-state index contributed by atoms with van der Waals surface area (Å²) in [7, 11) is -3.72. The van der Waals surface area contributed by atoms with Crippen molar-refractivity contribution in [3.63, 3.8) is 0 Å². The molecule has 5 nitrogen and oxygen atoms in total. The third-order valence-electron chi connectivity index (χ3n) is 3.48. The molecule has 0 spiro atoms. The van der Waals surface area contributed by atoms with Gasteiger partial charge in [0.25, 0.3) is 5.91 Å². The van der Waals surface area contributed by atoms with Crippen molar-refractivity contribution in [1.29, 1.82) is 0 Å². The van der Waals surface area contributed by atoms with E-state index in [4.69, 9.17) is 5.14 Å². The summed E-state index contributed by atoms with van der Waals surface area (Å²) in [6, 6.07) is 5.62. The van der Waals surface area contributed by atoms with Crippen molar-refractivity contribution in [2.75, 3.05) is 0 Å². The van der Waals surface area contributed by atoms with Crippen molar-refractivity contribution >= 4 is 15.9 Å². The molecule has 0 heterocycles. The fourth-order valence-corrected chi connectivity index (χ4v) is 2.58. The van der Waals surface area contributed by atoms with Gasteiger partial charge in [-0.3, -0.25) is 4.79 Å². The molecule has 1 aliphatic carbocycles. The van der Waals surface area contributed by atoms with Gasteiger partial charge in [0.1, 0.15) is 0 Å². The van der Waals surface area contributed by atoms with Gasteiger partial charge in [-0.2, -0.15) is 0 Å². The van der Waals surface area contributed by atoms with Crippen LogP contribution in [0.25, 0.3) is 0 Å². The highest BCUT2D eigenvalue weighted by atomic mass is 32.2. The van der Waals surface area contributed by atoms with Gasteiger partial charge in [-0.15, -0.1) is 0 Å². The second kappa shape index (κ2) is 4.61. The van der Waals surface area contributed by atoms with Crippen molar-refractivity contribution in [2.45, 2.75) is 37.1 Å². The molecule has 3 N–H and O–H groups in total. The minimum atomic E-state index is -3.72. The molecule has 0 aliphatic heterocycles. The first kappa shape index (κ1) is 14.0. The largest absolute Gasteiger partial charge is 0.347 e. The van der Waals surface area contributed by atoms with Gasteiger partial charge in [0.2, 0.25) is 10.0 Å². The highest BCUT2D eigenvalue weighted by Crippen LogP contribution is 2.39. The number of nitrogens with two attached hydrogens (primary N) is 1. The molecular formula is C13H18N2O3S. The van der Waals surface area contributed by atoms with Crippen LogP contribution in [-0.2, 0) is 10.0 Å². The fourth-order valence-electron chi connectivity index (χ4n) is 2.07. The van der Waals surface area contributed by atoms with Crippen LogP contribution in [0.1, 0.15) is 37.0 Å². The van der Waals surface area contributed by atoms with Crippen molar-refractivity contribution in [3.8, 4) is 0 Å². The SMILES string of the molecule is CC(C)(NC(=O)c1ccc(S(N)(=O)=O)cc1)C1CC1. The molecule has 0 unspecified atom stereocenters. The van der Waals surface area contributed by atoms with Crippen molar-refractivity contribution in [2.24, 2.45) is 11.1 Å². The summed E-state index contributed by atoms with van der Waals surface area (Å²) in [6.45, 7) is 4.00. The first-order valence-electron chi connectivity index (χ1n) is 6.15. The zero-order valence-electron chi connectivity index (χ0n) is 11.0. The summed E-state index contributed by atoms with van der Waals surface area (Å²) >= 11 is 0. The highest BCUT2D eigenvalue weighted by Gasteiger charge is 2.38. The summed E-state index contributed by atoms with van der Waals surface area (Å²) in [5, 5.41) is 7.98. The summed E-state index contributed by atoms with van der Waals surface area (Å²) in [5.74, 6) is 0.331. The molecule has 1 amide bonds. The van der Waals surface area contributed by atoms with Crippen LogP contribution in [0.15, 0.2) is 29.2 Å². The summed E-state index contributed by atoms with van der Waals surface area (Å²) < 4.78 is 22.2. The average Bonchev–Trinajstić information content (AvgIpc) is 3.11. The molecule has 104 valence electrons. The van der Waals surface area contributed by atoms with E-state index in [1.165, 1.54) is 24.3 Å². The van der Waals surface area contributed by atoms with Gasteiger partial charge in [0.15, 0.2) is 0 Å². The van der Waals surface area contributed by atoms with Gasteiger partial charge in [-0.25, -0.2) is 13.6 Å². The number of amides is 1. The van der Waals surface area contributed by atoms with E-state index in [-0.39, 0.29) is 16.3 Å². The highest BCUT2D eigenvalue weighted by molar-refractivity contribution is 7.89. The van der Waals surface area contributed by atoms with Gasteiger partial charge in [0.05, 0.1) is 4.90 Å². The lowest BCUT2D eigenvalue weighted by molar-refractivity contribution is 0.0903. The minimum absolute atomic E-state index is 0.00510. The van der Waals surface area contributed by atoms with Crippen LogP contribution in [0.4, 0.5) is 0 Å². The Morgan fingerprint density at radius 3 is 2.21 bits per heavy atom. The number of rotatable bonds is 4. The molecule has 1 aromatic carbocycles. The first-order valence-corrected chi connectivity index (χ1v) is 7.70. The third kappa shape index (κ3) is 3.33. The zero-order valence-corrected chi connectivity index (χ0v) is 11.8. The van der Waals surface area contributed by atoms with Crippen LogP contribution in [0.3, 0.4) is 0 Å². The number of sulfonamides is 1. The lowest BCUT2D eigenvalue weighted by Gasteiger charge is -2.26. The topological polar surface area (TPSA) is 89.3 Å². The van der Waals surface area contributed by atoms with E-state index in [1.807, 2.05) is 13.8 Å². The van der Waals surface area contributed by atoms with E-state index in [2.05, 4.69) is 5.32 Å². The standard InChI is InChI=1S/C13H18N2O3S/c1-13(2,10-5-6-10)15-12(16)9-3-7-11(8-4-9)19(14,17)18/h3-4,7-8,10H,5-6H2,1-2H3,(H,15,16)(H2,14,17,18). The second-order valence-corrected chi connectivity index (χ2v) is 7.08. The third-order valence-corrected chi connectivity index (χ3v) is 4.41. The molecule has 0 saturated heterocycles. The molecule has 0 radical (unpaired) electrons. The molecule has 2 rings (SSSR count). The van der Waals surface area contributed by atoms with E-state index < -0.39 is 10.0 Å². The number of primary sulfonamides is 1. The number of benzene rings is 1. The van der Waals surface area contributed by atoms with Crippen molar-refractivity contribution < 1.29 is 13.2 Å². The zero-order chi connectivity index (χ0) is 14.3. The predicted octanol–water partition coefficient (Wildman–Crippen LogP) is 1.25. The Balaban J connectivity index is 2.12. The number of hydrogen-bond donors (Lipinski definition) is 2. The summed E-state index contributed by atoms with van der Waals surface area (Å²) in [4.78, 5) is 12.1. The van der Waals surface area contributed by atoms with E-state index in [0.29, 0.717) is 11.5 Å². The molecule has 1 saturated carbocycles. The Morgan fingerprint density at radius 2 is 1.79 bits per heavy atom. The molecule has 0 aromatic heterocycles. The number of carbonyl (C=O) groups excluding carboxylic acids is 1. The molecular weight excluding hydrogens is 264 g/mol. The first-order chi connectivity index (χ1) is 8.70. The van der Waals surface area contributed by atoms with Crippen LogP contribution < -0.4 is 10.5 Å². The van der Waals surface area contributed by atoms with Crippen LogP contribution in [-0.4, -0.2) is 19.9 Å². The Kier molecular flexibility index (Phi) is 3.40. The minimum Gasteiger partial charge on any atom is -0.347 e. The van der Waals surface area contributed by atoms with Crippen molar-refractivity contribution in [3.05, 3.63) is 29.8 Å². The quantitative estimate of drug-likeness (QED) is 0.871. The maximum atomic E-state index is 12.1.